The van der Waals surface area contributed by atoms with E-state index in [2.05, 4.69) is 26.2 Å². The first-order valence-electron chi connectivity index (χ1n) is 3.82. The third-order valence-corrected chi connectivity index (χ3v) is 2.05. The largest absolute Gasteiger partial charge is 0.369 e. The van der Waals surface area contributed by atoms with Gasteiger partial charge in [-0.3, -0.25) is 0 Å². The summed E-state index contributed by atoms with van der Waals surface area (Å²) in [6.45, 7) is 0.229. The van der Waals surface area contributed by atoms with Gasteiger partial charge >= 0.3 is 0 Å². The number of pyridine rings is 1. The molecule has 0 bridgehead atoms. The molecule has 1 aromatic rings. The van der Waals surface area contributed by atoms with Crippen molar-refractivity contribution < 1.29 is 8.78 Å². The SMILES string of the molecule is FC(F)CCNc1ncccc1Br. The Bertz CT molecular complexity index is 268. The first-order chi connectivity index (χ1) is 6.20. The van der Waals surface area contributed by atoms with Crippen molar-refractivity contribution in [2.24, 2.45) is 0 Å². The second-order valence-corrected chi connectivity index (χ2v) is 3.29. The maximum atomic E-state index is 11.8. The molecule has 1 aromatic heterocycles. The predicted molar refractivity (Wildman–Crippen MR) is 51.0 cm³/mol. The van der Waals surface area contributed by atoms with Crippen molar-refractivity contribution in [2.75, 3.05) is 11.9 Å². The molecule has 0 aromatic carbocycles. The quantitative estimate of drug-likeness (QED) is 0.889. The molecule has 72 valence electrons. The van der Waals surface area contributed by atoms with Gasteiger partial charge in [-0.25, -0.2) is 13.8 Å². The maximum Gasteiger partial charge on any atom is 0.240 e. The van der Waals surface area contributed by atoms with Gasteiger partial charge in [0.2, 0.25) is 6.43 Å². The highest BCUT2D eigenvalue weighted by Crippen LogP contribution is 2.18. The van der Waals surface area contributed by atoms with Gasteiger partial charge in [-0.05, 0) is 28.1 Å². The average molecular weight is 251 g/mol. The lowest BCUT2D eigenvalue weighted by atomic mass is 10.4. The third kappa shape index (κ3) is 3.67. The van der Waals surface area contributed by atoms with Gasteiger partial charge in [-0.2, -0.15) is 0 Å². The normalized spacial score (nSPS) is 10.5. The lowest BCUT2D eigenvalue weighted by Crippen LogP contribution is -2.07. The van der Waals surface area contributed by atoms with Crippen LogP contribution < -0.4 is 5.32 Å². The summed E-state index contributed by atoms with van der Waals surface area (Å²) >= 11 is 3.25. The highest BCUT2D eigenvalue weighted by molar-refractivity contribution is 9.10. The van der Waals surface area contributed by atoms with Crippen molar-refractivity contribution in [2.45, 2.75) is 12.8 Å². The molecule has 0 saturated heterocycles. The van der Waals surface area contributed by atoms with Crippen LogP contribution in [0.5, 0.6) is 0 Å². The zero-order chi connectivity index (χ0) is 9.68. The second kappa shape index (κ2) is 5.11. The zero-order valence-corrected chi connectivity index (χ0v) is 8.39. The molecule has 0 aliphatic rings. The summed E-state index contributed by atoms with van der Waals surface area (Å²) in [5.41, 5.74) is 0. The highest BCUT2D eigenvalue weighted by atomic mass is 79.9. The first-order valence-corrected chi connectivity index (χ1v) is 4.62. The number of aromatic nitrogens is 1. The molecular weight excluding hydrogens is 242 g/mol. The molecule has 13 heavy (non-hydrogen) atoms. The number of nitrogens with one attached hydrogen (secondary N) is 1. The number of hydrogen-bond donors (Lipinski definition) is 1. The van der Waals surface area contributed by atoms with E-state index in [0.29, 0.717) is 5.82 Å². The third-order valence-electron chi connectivity index (χ3n) is 1.41. The highest BCUT2D eigenvalue weighted by Gasteiger charge is 2.03. The summed E-state index contributed by atoms with van der Waals surface area (Å²) in [6.07, 6.45) is -0.826. The first kappa shape index (κ1) is 10.4. The van der Waals surface area contributed by atoms with Gasteiger partial charge in [0.1, 0.15) is 5.82 Å². The minimum atomic E-state index is -2.27. The molecule has 0 spiro atoms. The Morgan fingerprint density at radius 3 is 2.92 bits per heavy atom. The van der Waals surface area contributed by atoms with Gasteiger partial charge in [-0.15, -0.1) is 0 Å². The summed E-state index contributed by atoms with van der Waals surface area (Å²) in [5, 5.41) is 2.81. The van der Waals surface area contributed by atoms with Crippen molar-refractivity contribution in [3.05, 3.63) is 22.8 Å². The Hall–Kier alpha value is -0.710. The number of alkyl halides is 2. The van der Waals surface area contributed by atoms with Crippen LogP contribution in [-0.2, 0) is 0 Å². The van der Waals surface area contributed by atoms with Gasteiger partial charge < -0.3 is 5.32 Å². The molecule has 0 aliphatic carbocycles. The van der Waals surface area contributed by atoms with E-state index in [-0.39, 0.29) is 13.0 Å². The fourth-order valence-corrected chi connectivity index (χ4v) is 1.21. The topological polar surface area (TPSA) is 24.9 Å². The molecular formula is C8H9BrF2N2. The van der Waals surface area contributed by atoms with Crippen molar-refractivity contribution in [3.8, 4) is 0 Å². The minimum absolute atomic E-state index is 0.164. The average Bonchev–Trinajstić information content (AvgIpc) is 2.08. The van der Waals surface area contributed by atoms with Crippen LogP contribution in [0, 0.1) is 0 Å². The standard InChI is InChI=1S/C8H9BrF2N2/c9-6-2-1-4-12-8(6)13-5-3-7(10)11/h1-2,4,7H,3,5H2,(H,12,13). The predicted octanol–water partition coefficient (Wildman–Crippen LogP) is 2.91. The Morgan fingerprint density at radius 1 is 1.54 bits per heavy atom. The number of rotatable bonds is 4. The summed E-state index contributed by atoms with van der Waals surface area (Å²) in [7, 11) is 0. The summed E-state index contributed by atoms with van der Waals surface area (Å²) in [6, 6.07) is 3.57. The minimum Gasteiger partial charge on any atom is -0.369 e. The molecule has 1 heterocycles. The molecule has 0 unspecified atom stereocenters. The molecule has 0 aliphatic heterocycles. The summed E-state index contributed by atoms with van der Waals surface area (Å²) < 4.78 is 24.3. The molecule has 1 rings (SSSR count). The molecule has 0 amide bonds. The molecule has 0 radical (unpaired) electrons. The smallest absolute Gasteiger partial charge is 0.240 e. The van der Waals surface area contributed by atoms with E-state index in [1.807, 2.05) is 0 Å². The van der Waals surface area contributed by atoms with E-state index in [1.54, 1.807) is 18.3 Å². The van der Waals surface area contributed by atoms with Crippen molar-refractivity contribution in [1.82, 2.24) is 4.98 Å². The van der Waals surface area contributed by atoms with Crippen LogP contribution in [0.15, 0.2) is 22.8 Å². The molecule has 1 N–H and O–H groups in total. The van der Waals surface area contributed by atoms with Crippen LogP contribution in [0.4, 0.5) is 14.6 Å². The summed E-state index contributed by atoms with van der Waals surface area (Å²) in [5.74, 6) is 0.600. The Morgan fingerprint density at radius 2 is 2.31 bits per heavy atom. The molecule has 0 atom stereocenters. The van der Waals surface area contributed by atoms with Crippen LogP contribution >= 0.6 is 15.9 Å². The van der Waals surface area contributed by atoms with E-state index in [1.165, 1.54) is 0 Å². The Labute approximate surface area is 83.5 Å². The van der Waals surface area contributed by atoms with E-state index in [0.717, 1.165) is 4.47 Å². The van der Waals surface area contributed by atoms with Crippen LogP contribution in [0.3, 0.4) is 0 Å². The molecule has 5 heteroatoms. The van der Waals surface area contributed by atoms with Gasteiger partial charge in [0.25, 0.3) is 0 Å². The number of halogens is 3. The fourth-order valence-electron chi connectivity index (χ4n) is 0.815. The monoisotopic (exact) mass is 250 g/mol. The summed E-state index contributed by atoms with van der Waals surface area (Å²) in [4.78, 5) is 3.97. The maximum absolute atomic E-state index is 11.8. The fraction of sp³-hybridized carbons (Fsp3) is 0.375. The second-order valence-electron chi connectivity index (χ2n) is 2.44. The van der Waals surface area contributed by atoms with Gasteiger partial charge in [0.05, 0.1) is 4.47 Å². The molecule has 0 fully saturated rings. The number of nitrogens with zero attached hydrogens (tertiary/aromatic N) is 1. The van der Waals surface area contributed by atoms with Crippen molar-refractivity contribution in [1.29, 1.82) is 0 Å². The lowest BCUT2D eigenvalue weighted by Gasteiger charge is -2.05. The van der Waals surface area contributed by atoms with Crippen LogP contribution in [-0.4, -0.2) is 18.0 Å². The van der Waals surface area contributed by atoms with Gasteiger partial charge in [0, 0.05) is 19.2 Å². The Balaban J connectivity index is 2.41. The lowest BCUT2D eigenvalue weighted by molar-refractivity contribution is 0.142. The van der Waals surface area contributed by atoms with Crippen LogP contribution in [0.2, 0.25) is 0 Å². The van der Waals surface area contributed by atoms with E-state index >= 15 is 0 Å². The zero-order valence-electron chi connectivity index (χ0n) is 6.80. The van der Waals surface area contributed by atoms with Crippen LogP contribution in [0.1, 0.15) is 6.42 Å². The van der Waals surface area contributed by atoms with Crippen molar-refractivity contribution in [3.63, 3.8) is 0 Å². The van der Waals surface area contributed by atoms with E-state index in [4.69, 9.17) is 0 Å². The number of hydrogen-bond acceptors (Lipinski definition) is 2. The van der Waals surface area contributed by atoms with E-state index < -0.39 is 6.43 Å². The van der Waals surface area contributed by atoms with Crippen molar-refractivity contribution >= 4 is 21.7 Å². The van der Waals surface area contributed by atoms with Gasteiger partial charge in [0.15, 0.2) is 0 Å². The molecule has 2 nitrogen and oxygen atoms in total. The molecule has 0 saturated carbocycles. The Kier molecular flexibility index (Phi) is 4.08. The van der Waals surface area contributed by atoms with Crippen LogP contribution in [0.25, 0.3) is 0 Å². The van der Waals surface area contributed by atoms with E-state index in [9.17, 15) is 8.78 Å². The number of anilines is 1. The van der Waals surface area contributed by atoms with Gasteiger partial charge in [-0.1, -0.05) is 0 Å².